The summed E-state index contributed by atoms with van der Waals surface area (Å²) in [6.45, 7) is 17.3. The van der Waals surface area contributed by atoms with Crippen LogP contribution >= 0.6 is 11.3 Å². The number of amides is 2. The zero-order valence-corrected chi connectivity index (χ0v) is 37.6. The Labute approximate surface area is 368 Å². The second kappa shape index (κ2) is 14.8. The molecule has 1 aromatic carbocycles. The van der Waals surface area contributed by atoms with Crippen LogP contribution in [0.2, 0.25) is 0 Å². The number of piperazine rings is 1. The van der Waals surface area contributed by atoms with Crippen molar-refractivity contribution in [3.63, 3.8) is 0 Å². The van der Waals surface area contributed by atoms with Gasteiger partial charge in [0, 0.05) is 79.7 Å². The Bertz CT molecular complexity index is 2590. The van der Waals surface area contributed by atoms with Crippen LogP contribution in [0.5, 0.6) is 6.01 Å². The molecule has 4 saturated heterocycles. The van der Waals surface area contributed by atoms with Crippen LogP contribution in [0.4, 0.5) is 29.2 Å². The van der Waals surface area contributed by atoms with E-state index in [4.69, 9.17) is 28.9 Å². The van der Waals surface area contributed by atoms with Crippen molar-refractivity contribution in [2.75, 3.05) is 69.7 Å². The highest BCUT2D eigenvalue weighted by Gasteiger charge is 2.54. The van der Waals surface area contributed by atoms with Gasteiger partial charge in [-0.2, -0.15) is 15.2 Å². The molecule has 2 atom stereocenters. The molecule has 6 aliphatic rings. The second-order valence-electron chi connectivity index (χ2n) is 20.7. The number of likely N-dealkylation sites (tertiary alicyclic amines) is 3. The number of ether oxygens (including phenoxy) is 4. The molecule has 3 aromatic heterocycles. The first-order chi connectivity index (χ1) is 29.8. The third kappa shape index (κ3) is 7.57. The van der Waals surface area contributed by atoms with Gasteiger partial charge >= 0.3 is 18.2 Å². The smallest absolute Gasteiger partial charge is 0.412 e. The number of nitrogens with one attached hydrogen (secondary N) is 1. The molecule has 1 saturated carbocycles. The molecule has 0 radical (unpaired) electrons. The van der Waals surface area contributed by atoms with Crippen molar-refractivity contribution in [1.29, 1.82) is 5.26 Å². The fraction of sp³-hybridized carbons (Fsp3) is 0.600. The number of rotatable bonds is 8. The Balaban J connectivity index is 1.07. The summed E-state index contributed by atoms with van der Waals surface area (Å²) in [7, 11) is 2.16. The van der Waals surface area contributed by atoms with Crippen molar-refractivity contribution in [1.82, 2.24) is 29.7 Å². The molecule has 10 rings (SSSR count). The molecule has 4 aromatic rings. The normalized spacial score (nSPS) is 22.5. The zero-order valence-electron chi connectivity index (χ0n) is 36.8. The van der Waals surface area contributed by atoms with E-state index in [-0.39, 0.29) is 80.2 Å². The molecule has 8 heterocycles. The summed E-state index contributed by atoms with van der Waals surface area (Å²) in [4.78, 5) is 49.4. The van der Waals surface area contributed by atoms with E-state index in [1.165, 1.54) is 0 Å². The predicted molar refractivity (Wildman–Crippen MR) is 232 cm³/mol. The van der Waals surface area contributed by atoms with Crippen molar-refractivity contribution in [3.8, 4) is 23.3 Å². The predicted octanol–water partition coefficient (Wildman–Crippen LogP) is 7.43. The molecule has 5 fully saturated rings. The number of halogens is 2. The number of aromatic nitrogens is 3. The minimum Gasteiger partial charge on any atom is -0.463 e. The SMILES string of the molecule is CN1CC2(C1)CN(CC1(COc3nc(N4C5CCC4CN(C(=O)OC(C)(C)C)C5)c4c5c(c(-c6ncc(F)c7sc(NC(=O)OC(C)(C)C)c(C#N)c67)c(F)c4n3)COC5)CC1)C2. The topological polar surface area (TPSA) is 159 Å². The summed E-state index contributed by atoms with van der Waals surface area (Å²) in [5, 5.41) is 13.7. The Hall–Kier alpha value is -4.96. The quantitative estimate of drug-likeness (QED) is 0.187. The number of carbonyl (C=O) groups is 2. The van der Waals surface area contributed by atoms with E-state index < -0.39 is 28.9 Å². The maximum absolute atomic E-state index is 18.0. The van der Waals surface area contributed by atoms with E-state index in [2.05, 4.69) is 38.1 Å². The summed E-state index contributed by atoms with van der Waals surface area (Å²) in [6, 6.07) is 1.87. The molecule has 334 valence electrons. The molecule has 1 aliphatic carbocycles. The van der Waals surface area contributed by atoms with Gasteiger partial charge in [0.05, 0.1) is 47.4 Å². The average Bonchev–Trinajstić information content (AvgIpc) is 3.45. The van der Waals surface area contributed by atoms with E-state index in [0.717, 1.165) is 75.9 Å². The summed E-state index contributed by atoms with van der Waals surface area (Å²) in [5.74, 6) is -0.959. The van der Waals surface area contributed by atoms with Crippen molar-refractivity contribution in [2.24, 2.45) is 10.8 Å². The van der Waals surface area contributed by atoms with Crippen molar-refractivity contribution >= 4 is 55.3 Å². The van der Waals surface area contributed by atoms with E-state index in [1.807, 2.05) is 20.8 Å². The Morgan fingerprint density at radius 2 is 1.67 bits per heavy atom. The van der Waals surface area contributed by atoms with Crippen LogP contribution < -0.4 is 15.0 Å². The third-order valence-corrected chi connectivity index (χ3v) is 14.2. The van der Waals surface area contributed by atoms with Gasteiger partial charge in [-0.05, 0) is 85.4 Å². The molecule has 15 nitrogen and oxygen atoms in total. The number of hydrogen-bond acceptors (Lipinski definition) is 14. The lowest BCUT2D eigenvalue weighted by molar-refractivity contribution is -0.111. The highest BCUT2D eigenvalue weighted by Crippen LogP contribution is 2.51. The van der Waals surface area contributed by atoms with Gasteiger partial charge in [-0.15, -0.1) is 11.3 Å². The monoisotopic (exact) mass is 885 g/mol. The van der Waals surface area contributed by atoms with Gasteiger partial charge in [-0.3, -0.25) is 10.3 Å². The van der Waals surface area contributed by atoms with Crippen LogP contribution in [0.15, 0.2) is 6.20 Å². The maximum atomic E-state index is 18.0. The fourth-order valence-corrected chi connectivity index (χ4v) is 11.6. The maximum Gasteiger partial charge on any atom is 0.412 e. The van der Waals surface area contributed by atoms with Gasteiger partial charge in [0.1, 0.15) is 33.6 Å². The summed E-state index contributed by atoms with van der Waals surface area (Å²) < 4.78 is 57.5. The number of hydrogen-bond donors (Lipinski definition) is 1. The molecule has 1 N–H and O–H groups in total. The fourth-order valence-electron chi connectivity index (χ4n) is 10.6. The second-order valence-corrected chi connectivity index (χ2v) is 21.7. The van der Waals surface area contributed by atoms with Crippen molar-refractivity contribution in [3.05, 3.63) is 34.5 Å². The van der Waals surface area contributed by atoms with Crippen molar-refractivity contribution < 1.29 is 37.3 Å². The molecule has 5 aliphatic heterocycles. The van der Waals surface area contributed by atoms with Crippen LogP contribution in [0.25, 0.3) is 32.2 Å². The standard InChI is InChI=1S/C45H53F2N9O6S/c1-42(2,3)61-40(57)52-38-26(12-48)31-34(49-13-29(46)36(31)63-38)30-27-16-59-17-28(27)32-35(33(30)47)50-39(60-23-44(10-11-44)20-54-21-45(22-54)18-53(7)19-45)51-37(32)56-24-8-9-25(56)15-55(14-24)41(58)62-43(4,5)6/h13,24-25H,8-11,14-23H2,1-7H3,(H,52,57). The number of thiophene rings is 1. The minimum absolute atomic E-state index is 0.00743. The van der Waals surface area contributed by atoms with Gasteiger partial charge in [0.15, 0.2) is 11.6 Å². The highest BCUT2D eigenvalue weighted by molar-refractivity contribution is 7.23. The first kappa shape index (κ1) is 42.0. The lowest BCUT2D eigenvalue weighted by Gasteiger charge is -2.60. The molecule has 2 amide bonds. The minimum atomic E-state index is -0.834. The van der Waals surface area contributed by atoms with Crippen molar-refractivity contribution in [2.45, 2.75) is 104 Å². The number of nitriles is 1. The van der Waals surface area contributed by atoms with E-state index in [1.54, 1.807) is 25.7 Å². The Morgan fingerprint density at radius 1 is 0.984 bits per heavy atom. The molecule has 63 heavy (non-hydrogen) atoms. The van der Waals surface area contributed by atoms with Crippen LogP contribution in [-0.4, -0.2) is 125 Å². The van der Waals surface area contributed by atoms with E-state index in [9.17, 15) is 14.9 Å². The lowest BCUT2D eigenvalue weighted by Crippen LogP contribution is -2.71. The molecule has 2 bridgehead atoms. The van der Waals surface area contributed by atoms with E-state index >= 15 is 8.78 Å². The summed E-state index contributed by atoms with van der Waals surface area (Å²) in [5.41, 5.74) is -0.0233. The number of carbonyl (C=O) groups excluding carboxylic acids is 2. The first-order valence-corrected chi connectivity index (χ1v) is 22.6. The van der Waals surface area contributed by atoms with Gasteiger partial charge < -0.3 is 38.5 Å². The van der Waals surface area contributed by atoms with Crippen LogP contribution in [-0.2, 0) is 27.4 Å². The van der Waals surface area contributed by atoms with Gasteiger partial charge in [-0.1, -0.05) is 0 Å². The molecular formula is C45H53F2N9O6S. The molecule has 1 spiro atoms. The number of benzene rings is 1. The highest BCUT2D eigenvalue weighted by atomic mass is 32.1. The average molecular weight is 886 g/mol. The number of fused-ring (bicyclic) bond motifs is 6. The molecule has 2 unspecified atom stereocenters. The van der Waals surface area contributed by atoms with Gasteiger partial charge in [0.25, 0.3) is 0 Å². The zero-order chi connectivity index (χ0) is 44.4. The van der Waals surface area contributed by atoms with Gasteiger partial charge in [0.2, 0.25) is 0 Å². The number of anilines is 2. The van der Waals surface area contributed by atoms with Crippen LogP contribution in [0.1, 0.15) is 83.9 Å². The van der Waals surface area contributed by atoms with Gasteiger partial charge in [-0.25, -0.2) is 18.4 Å². The van der Waals surface area contributed by atoms with Crippen LogP contribution in [0, 0.1) is 33.8 Å². The third-order valence-electron chi connectivity index (χ3n) is 13.1. The summed E-state index contributed by atoms with van der Waals surface area (Å²) in [6.07, 6.45) is 3.39. The number of pyridine rings is 1. The molecular weight excluding hydrogens is 833 g/mol. The lowest BCUT2D eigenvalue weighted by atomic mass is 9.73. The van der Waals surface area contributed by atoms with E-state index in [0.29, 0.717) is 47.4 Å². The van der Waals surface area contributed by atoms with Crippen LogP contribution in [0.3, 0.4) is 0 Å². The largest absolute Gasteiger partial charge is 0.463 e. The number of nitrogens with zero attached hydrogens (tertiary/aromatic N) is 8. The Morgan fingerprint density at radius 3 is 2.30 bits per heavy atom. The first-order valence-electron chi connectivity index (χ1n) is 21.8. The summed E-state index contributed by atoms with van der Waals surface area (Å²) >= 11 is 0.848. The molecule has 18 heteroatoms. The Kier molecular flexibility index (Phi) is 9.87.